The second-order valence-electron chi connectivity index (χ2n) is 6.82. The van der Waals surface area contributed by atoms with Gasteiger partial charge >= 0.3 is 6.09 Å². The van der Waals surface area contributed by atoms with Crippen molar-refractivity contribution in [3.63, 3.8) is 0 Å². The third kappa shape index (κ3) is 6.74. The van der Waals surface area contributed by atoms with E-state index < -0.39 is 17.7 Å². The molecule has 0 aliphatic heterocycles. The Hall–Kier alpha value is -1.84. The van der Waals surface area contributed by atoms with E-state index in [0.29, 0.717) is 12.8 Å². The molecule has 0 fully saturated rings. The van der Waals surface area contributed by atoms with Crippen LogP contribution in [-0.4, -0.2) is 23.5 Å². The van der Waals surface area contributed by atoms with Crippen molar-refractivity contribution >= 4 is 11.9 Å². The molecule has 0 radical (unpaired) electrons. The largest absolute Gasteiger partial charge is 0.444 e. The highest BCUT2D eigenvalue weighted by atomic mass is 16.6. The fourth-order valence-electron chi connectivity index (χ4n) is 2.12. The summed E-state index contributed by atoms with van der Waals surface area (Å²) in [6, 6.07) is 9.35. The highest BCUT2D eigenvalue weighted by Gasteiger charge is 2.26. The number of rotatable bonds is 6. The molecule has 1 atom stereocenters. The second kappa shape index (κ2) is 7.97. The average molecular weight is 305 g/mol. The van der Waals surface area contributed by atoms with Crippen LogP contribution in [0.25, 0.3) is 0 Å². The zero-order chi connectivity index (χ0) is 16.8. The number of alkyl carbamates (subject to hydrolysis) is 1. The maximum Gasteiger partial charge on any atom is 0.408 e. The van der Waals surface area contributed by atoms with Gasteiger partial charge in [-0.1, -0.05) is 44.2 Å². The van der Waals surface area contributed by atoms with Gasteiger partial charge in [0.15, 0.2) is 5.78 Å². The monoisotopic (exact) mass is 305 g/mol. The molecule has 0 saturated heterocycles. The lowest BCUT2D eigenvalue weighted by molar-refractivity contribution is -0.122. The van der Waals surface area contributed by atoms with Crippen LogP contribution < -0.4 is 5.32 Å². The summed E-state index contributed by atoms with van der Waals surface area (Å²) in [6.45, 7) is 9.24. The molecule has 4 heteroatoms. The van der Waals surface area contributed by atoms with Crippen LogP contribution in [0, 0.1) is 5.92 Å². The normalized spacial score (nSPS) is 12.8. The number of carbonyl (C=O) groups excluding carboxylic acids is 2. The number of amides is 1. The summed E-state index contributed by atoms with van der Waals surface area (Å²) in [5, 5.41) is 2.70. The van der Waals surface area contributed by atoms with Gasteiger partial charge in [-0.25, -0.2) is 4.79 Å². The predicted octanol–water partition coefficient (Wildman–Crippen LogP) is 3.74. The molecule has 0 unspecified atom stereocenters. The molecule has 1 amide bonds. The van der Waals surface area contributed by atoms with Gasteiger partial charge < -0.3 is 10.1 Å². The number of benzene rings is 1. The van der Waals surface area contributed by atoms with Gasteiger partial charge in [0, 0.05) is 6.42 Å². The molecule has 0 saturated carbocycles. The molecule has 1 rings (SSSR count). The van der Waals surface area contributed by atoms with Crippen LogP contribution >= 0.6 is 0 Å². The molecule has 1 aromatic rings. The van der Waals surface area contributed by atoms with E-state index in [0.717, 1.165) is 5.56 Å². The van der Waals surface area contributed by atoms with E-state index in [9.17, 15) is 9.59 Å². The maximum absolute atomic E-state index is 12.4. The molecule has 0 heterocycles. The van der Waals surface area contributed by atoms with Gasteiger partial charge in [-0.15, -0.1) is 0 Å². The summed E-state index contributed by atoms with van der Waals surface area (Å²) in [5.74, 6) is 0.0560. The number of carbonyl (C=O) groups is 2. The lowest BCUT2D eigenvalue weighted by Gasteiger charge is -2.25. The van der Waals surface area contributed by atoms with Crippen LogP contribution in [-0.2, 0) is 16.0 Å². The Bertz CT molecular complexity index is 489. The van der Waals surface area contributed by atoms with E-state index in [2.05, 4.69) is 5.32 Å². The minimum absolute atomic E-state index is 0.0239. The molecular formula is C18H27NO3. The Morgan fingerprint density at radius 2 is 1.73 bits per heavy atom. The summed E-state index contributed by atoms with van der Waals surface area (Å²) >= 11 is 0. The second-order valence-corrected chi connectivity index (χ2v) is 6.82. The van der Waals surface area contributed by atoms with Crippen molar-refractivity contribution in [1.29, 1.82) is 0 Å². The van der Waals surface area contributed by atoms with Gasteiger partial charge in [0.2, 0.25) is 0 Å². The average Bonchev–Trinajstić information content (AvgIpc) is 2.41. The van der Waals surface area contributed by atoms with Crippen LogP contribution in [0.15, 0.2) is 30.3 Å². The van der Waals surface area contributed by atoms with Crippen molar-refractivity contribution in [3.05, 3.63) is 35.9 Å². The van der Waals surface area contributed by atoms with Crippen molar-refractivity contribution in [2.75, 3.05) is 0 Å². The van der Waals surface area contributed by atoms with Gasteiger partial charge in [0.1, 0.15) is 5.60 Å². The molecule has 1 N–H and O–H groups in total. The number of Topliss-reactive ketones (excluding diaryl/α,β-unsaturated/α-hetero) is 1. The quantitative estimate of drug-likeness (QED) is 0.871. The third-order valence-corrected chi connectivity index (χ3v) is 3.19. The van der Waals surface area contributed by atoms with Gasteiger partial charge in [-0.3, -0.25) is 4.79 Å². The Morgan fingerprint density at radius 1 is 1.14 bits per heavy atom. The first-order valence-corrected chi connectivity index (χ1v) is 7.75. The van der Waals surface area contributed by atoms with Crippen molar-refractivity contribution in [2.45, 2.75) is 59.1 Å². The van der Waals surface area contributed by atoms with E-state index >= 15 is 0 Å². The Balaban J connectivity index is 2.58. The Kier molecular flexibility index (Phi) is 6.60. The number of hydrogen-bond donors (Lipinski definition) is 1. The molecule has 0 aromatic heterocycles. The number of nitrogens with one attached hydrogen (secondary N) is 1. The first-order valence-electron chi connectivity index (χ1n) is 7.75. The molecule has 22 heavy (non-hydrogen) atoms. The summed E-state index contributed by atoms with van der Waals surface area (Å²) in [5.41, 5.74) is 0.550. The van der Waals surface area contributed by atoms with E-state index in [-0.39, 0.29) is 11.7 Å². The van der Waals surface area contributed by atoms with Gasteiger partial charge in [-0.05, 0) is 38.7 Å². The number of ether oxygens (including phenoxy) is 1. The SMILES string of the molecule is CC(C)[C@@H](NC(=O)OC(C)(C)C)C(=O)CCc1ccccc1. The highest BCUT2D eigenvalue weighted by molar-refractivity contribution is 5.87. The smallest absolute Gasteiger partial charge is 0.408 e. The molecule has 4 nitrogen and oxygen atoms in total. The van der Waals surface area contributed by atoms with Gasteiger partial charge in [-0.2, -0.15) is 0 Å². The highest BCUT2D eigenvalue weighted by Crippen LogP contribution is 2.12. The molecule has 0 bridgehead atoms. The van der Waals surface area contributed by atoms with Crippen molar-refractivity contribution in [3.8, 4) is 0 Å². The van der Waals surface area contributed by atoms with E-state index in [1.807, 2.05) is 44.2 Å². The summed E-state index contributed by atoms with van der Waals surface area (Å²) in [7, 11) is 0. The first-order chi connectivity index (χ1) is 10.2. The fraction of sp³-hybridized carbons (Fsp3) is 0.556. The number of ketones is 1. The van der Waals surface area contributed by atoms with E-state index in [1.54, 1.807) is 20.8 Å². The zero-order valence-corrected chi connectivity index (χ0v) is 14.2. The lowest BCUT2D eigenvalue weighted by Crippen LogP contribution is -2.46. The van der Waals surface area contributed by atoms with Crippen molar-refractivity contribution in [2.24, 2.45) is 5.92 Å². The van der Waals surface area contributed by atoms with Crippen LogP contribution in [0.3, 0.4) is 0 Å². The summed E-state index contributed by atoms with van der Waals surface area (Å²) in [6.07, 6.45) is 0.543. The third-order valence-electron chi connectivity index (χ3n) is 3.19. The van der Waals surface area contributed by atoms with Crippen LogP contribution in [0.1, 0.15) is 46.6 Å². The molecular weight excluding hydrogens is 278 g/mol. The first kappa shape index (κ1) is 18.2. The van der Waals surface area contributed by atoms with Crippen LogP contribution in [0.4, 0.5) is 4.79 Å². The minimum Gasteiger partial charge on any atom is -0.444 e. The van der Waals surface area contributed by atoms with Gasteiger partial charge in [0.25, 0.3) is 0 Å². The van der Waals surface area contributed by atoms with Crippen LogP contribution in [0.5, 0.6) is 0 Å². The van der Waals surface area contributed by atoms with Crippen LogP contribution in [0.2, 0.25) is 0 Å². The van der Waals surface area contributed by atoms with Gasteiger partial charge in [0.05, 0.1) is 6.04 Å². The van der Waals surface area contributed by atoms with Crippen molar-refractivity contribution < 1.29 is 14.3 Å². The molecule has 0 aliphatic carbocycles. The Labute approximate surface area is 133 Å². The summed E-state index contributed by atoms with van der Waals surface area (Å²) < 4.78 is 5.23. The Morgan fingerprint density at radius 3 is 2.23 bits per heavy atom. The van der Waals surface area contributed by atoms with E-state index in [4.69, 9.17) is 4.74 Å². The minimum atomic E-state index is -0.571. The number of hydrogen-bond acceptors (Lipinski definition) is 3. The lowest BCUT2D eigenvalue weighted by atomic mass is 9.95. The number of aryl methyl sites for hydroxylation is 1. The molecule has 0 aliphatic rings. The molecule has 1 aromatic carbocycles. The molecule has 0 spiro atoms. The maximum atomic E-state index is 12.4. The van der Waals surface area contributed by atoms with Crippen molar-refractivity contribution in [1.82, 2.24) is 5.32 Å². The standard InChI is InChI=1S/C18H27NO3/c1-13(2)16(19-17(21)22-18(3,4)5)15(20)12-11-14-9-7-6-8-10-14/h6-10,13,16H,11-12H2,1-5H3,(H,19,21)/t16-/m1/s1. The predicted molar refractivity (Wildman–Crippen MR) is 87.8 cm³/mol. The zero-order valence-electron chi connectivity index (χ0n) is 14.2. The molecule has 122 valence electrons. The van der Waals surface area contributed by atoms with E-state index in [1.165, 1.54) is 0 Å². The summed E-state index contributed by atoms with van der Waals surface area (Å²) in [4.78, 5) is 24.3. The fourth-order valence-corrected chi connectivity index (χ4v) is 2.12. The topological polar surface area (TPSA) is 55.4 Å².